The fourth-order valence-corrected chi connectivity index (χ4v) is 2.96. The first-order valence-electron chi connectivity index (χ1n) is 7.48. The molecule has 124 valence electrons. The van der Waals surface area contributed by atoms with Gasteiger partial charge in [0.1, 0.15) is 5.75 Å². The van der Waals surface area contributed by atoms with Crippen molar-refractivity contribution in [1.29, 1.82) is 0 Å². The lowest BCUT2D eigenvalue weighted by molar-refractivity contribution is 0.0923. The first kappa shape index (κ1) is 19.1. The zero-order valence-corrected chi connectivity index (χ0v) is 14.5. The van der Waals surface area contributed by atoms with Crippen LogP contribution in [-0.4, -0.2) is 24.6 Å². The monoisotopic (exact) mass is 346 g/mol. The minimum absolute atomic E-state index is 0. The number of hydrogen-bond acceptors (Lipinski definition) is 3. The van der Waals surface area contributed by atoms with Crippen LogP contribution in [0.4, 0.5) is 0 Å². The molecular formula is C16H24Cl2N2O2. The number of halogens is 2. The van der Waals surface area contributed by atoms with E-state index in [9.17, 15) is 4.79 Å². The molecule has 1 saturated carbocycles. The molecule has 0 aromatic heterocycles. The van der Waals surface area contributed by atoms with Gasteiger partial charge in [0.25, 0.3) is 5.91 Å². The standard InChI is InChI=1S/C16H23ClN2O2.ClH/c1-10(2)21-15-7-6-12(17)8-13(15)16(20)19-14-5-3-4-11(14)9-18;/h6-8,10-11,14H,3-5,9,18H2,1-2H3,(H,19,20);1H. The van der Waals surface area contributed by atoms with Crippen molar-refractivity contribution >= 4 is 29.9 Å². The van der Waals surface area contributed by atoms with Crippen molar-refractivity contribution in [1.82, 2.24) is 5.32 Å². The number of benzene rings is 1. The van der Waals surface area contributed by atoms with Gasteiger partial charge < -0.3 is 15.8 Å². The van der Waals surface area contributed by atoms with Gasteiger partial charge in [0, 0.05) is 11.1 Å². The van der Waals surface area contributed by atoms with Crippen LogP contribution in [0.1, 0.15) is 43.5 Å². The van der Waals surface area contributed by atoms with E-state index in [-0.39, 0.29) is 30.5 Å². The van der Waals surface area contributed by atoms with Gasteiger partial charge in [-0.25, -0.2) is 0 Å². The van der Waals surface area contributed by atoms with Crippen LogP contribution in [0.2, 0.25) is 5.02 Å². The highest BCUT2D eigenvalue weighted by Gasteiger charge is 2.28. The van der Waals surface area contributed by atoms with Gasteiger partial charge >= 0.3 is 0 Å². The molecule has 2 unspecified atom stereocenters. The Labute approximate surface area is 143 Å². The second kappa shape index (κ2) is 8.61. The lowest BCUT2D eigenvalue weighted by Crippen LogP contribution is -2.40. The molecule has 22 heavy (non-hydrogen) atoms. The van der Waals surface area contributed by atoms with E-state index in [0.29, 0.717) is 28.8 Å². The summed E-state index contributed by atoms with van der Waals surface area (Å²) in [6.07, 6.45) is 3.17. The van der Waals surface area contributed by atoms with Crippen molar-refractivity contribution in [2.24, 2.45) is 11.7 Å². The number of hydrogen-bond donors (Lipinski definition) is 2. The summed E-state index contributed by atoms with van der Waals surface area (Å²) in [6.45, 7) is 4.46. The van der Waals surface area contributed by atoms with Crippen LogP contribution < -0.4 is 15.8 Å². The molecule has 0 radical (unpaired) electrons. The largest absolute Gasteiger partial charge is 0.490 e. The molecule has 0 bridgehead atoms. The van der Waals surface area contributed by atoms with Crippen molar-refractivity contribution in [2.75, 3.05) is 6.54 Å². The molecular weight excluding hydrogens is 323 g/mol. The Morgan fingerprint density at radius 1 is 1.45 bits per heavy atom. The summed E-state index contributed by atoms with van der Waals surface area (Å²) in [6, 6.07) is 5.27. The number of amides is 1. The Hall–Kier alpha value is -0.970. The SMILES string of the molecule is CC(C)Oc1ccc(Cl)cc1C(=O)NC1CCCC1CN.Cl. The van der Waals surface area contributed by atoms with E-state index in [2.05, 4.69) is 5.32 Å². The fourth-order valence-electron chi connectivity index (χ4n) is 2.79. The van der Waals surface area contributed by atoms with Crippen molar-refractivity contribution in [2.45, 2.75) is 45.3 Å². The topological polar surface area (TPSA) is 64.3 Å². The summed E-state index contributed by atoms with van der Waals surface area (Å²) in [7, 11) is 0. The minimum Gasteiger partial charge on any atom is -0.490 e. The van der Waals surface area contributed by atoms with Crippen molar-refractivity contribution < 1.29 is 9.53 Å². The molecule has 2 rings (SSSR count). The summed E-state index contributed by atoms with van der Waals surface area (Å²) in [5.41, 5.74) is 6.25. The van der Waals surface area contributed by atoms with Crippen LogP contribution in [0.5, 0.6) is 5.75 Å². The van der Waals surface area contributed by atoms with Gasteiger partial charge in [0.15, 0.2) is 0 Å². The molecule has 6 heteroatoms. The van der Waals surface area contributed by atoms with E-state index in [0.717, 1.165) is 19.3 Å². The lowest BCUT2D eigenvalue weighted by Gasteiger charge is -2.21. The average molecular weight is 347 g/mol. The highest BCUT2D eigenvalue weighted by atomic mass is 35.5. The van der Waals surface area contributed by atoms with E-state index in [1.165, 1.54) is 0 Å². The molecule has 0 heterocycles. The Kier molecular flexibility index (Phi) is 7.46. The molecule has 1 fully saturated rings. The van der Waals surface area contributed by atoms with Gasteiger partial charge in [-0.05, 0) is 57.4 Å². The summed E-state index contributed by atoms with van der Waals surface area (Å²) in [5, 5.41) is 3.61. The number of rotatable bonds is 5. The van der Waals surface area contributed by atoms with Gasteiger partial charge in [-0.15, -0.1) is 12.4 Å². The van der Waals surface area contributed by atoms with E-state index >= 15 is 0 Å². The first-order valence-corrected chi connectivity index (χ1v) is 7.86. The van der Waals surface area contributed by atoms with Crippen LogP contribution in [0, 0.1) is 5.92 Å². The lowest BCUT2D eigenvalue weighted by atomic mass is 10.0. The van der Waals surface area contributed by atoms with E-state index in [4.69, 9.17) is 22.1 Å². The second-order valence-corrected chi connectivity index (χ2v) is 6.25. The molecule has 1 aromatic carbocycles. The van der Waals surface area contributed by atoms with E-state index in [1.54, 1.807) is 18.2 Å². The quantitative estimate of drug-likeness (QED) is 0.858. The zero-order chi connectivity index (χ0) is 15.4. The summed E-state index contributed by atoms with van der Waals surface area (Å²) in [4.78, 5) is 12.5. The average Bonchev–Trinajstić information content (AvgIpc) is 2.87. The van der Waals surface area contributed by atoms with Crippen LogP contribution in [0.3, 0.4) is 0 Å². The van der Waals surface area contributed by atoms with Crippen LogP contribution in [0.25, 0.3) is 0 Å². The van der Waals surface area contributed by atoms with E-state index in [1.807, 2.05) is 13.8 Å². The summed E-state index contributed by atoms with van der Waals surface area (Å²) in [5.74, 6) is 0.787. The maximum absolute atomic E-state index is 12.5. The molecule has 0 saturated heterocycles. The molecule has 1 aromatic rings. The third-order valence-electron chi connectivity index (χ3n) is 3.83. The molecule has 1 aliphatic carbocycles. The highest BCUT2D eigenvalue weighted by molar-refractivity contribution is 6.31. The number of carbonyl (C=O) groups excluding carboxylic acids is 1. The minimum atomic E-state index is -0.140. The Bertz CT molecular complexity index is 509. The van der Waals surface area contributed by atoms with Crippen molar-refractivity contribution in [3.05, 3.63) is 28.8 Å². The predicted molar refractivity (Wildman–Crippen MR) is 92.1 cm³/mol. The van der Waals surface area contributed by atoms with Crippen LogP contribution in [0.15, 0.2) is 18.2 Å². The second-order valence-electron chi connectivity index (χ2n) is 5.81. The molecule has 0 aliphatic heterocycles. The number of nitrogens with one attached hydrogen (secondary N) is 1. The Morgan fingerprint density at radius 3 is 2.82 bits per heavy atom. The predicted octanol–water partition coefficient (Wildman–Crippen LogP) is 3.41. The number of carbonyl (C=O) groups is 1. The highest BCUT2D eigenvalue weighted by Crippen LogP contribution is 2.27. The van der Waals surface area contributed by atoms with Crippen LogP contribution in [-0.2, 0) is 0 Å². The van der Waals surface area contributed by atoms with E-state index < -0.39 is 0 Å². The summed E-state index contributed by atoms with van der Waals surface area (Å²) < 4.78 is 5.69. The van der Waals surface area contributed by atoms with Crippen molar-refractivity contribution in [3.63, 3.8) is 0 Å². The van der Waals surface area contributed by atoms with Gasteiger partial charge in [0.2, 0.25) is 0 Å². The molecule has 0 spiro atoms. The zero-order valence-electron chi connectivity index (χ0n) is 13.0. The van der Waals surface area contributed by atoms with Gasteiger partial charge in [-0.3, -0.25) is 4.79 Å². The molecule has 1 amide bonds. The fraction of sp³-hybridized carbons (Fsp3) is 0.562. The van der Waals surface area contributed by atoms with Gasteiger partial charge in [0.05, 0.1) is 11.7 Å². The van der Waals surface area contributed by atoms with Crippen LogP contribution >= 0.6 is 24.0 Å². The number of ether oxygens (including phenoxy) is 1. The van der Waals surface area contributed by atoms with Gasteiger partial charge in [-0.1, -0.05) is 18.0 Å². The maximum atomic E-state index is 12.5. The first-order chi connectivity index (χ1) is 10.0. The number of nitrogens with two attached hydrogens (primary N) is 1. The molecule has 1 aliphatic rings. The van der Waals surface area contributed by atoms with Gasteiger partial charge in [-0.2, -0.15) is 0 Å². The normalized spacial score (nSPS) is 20.6. The smallest absolute Gasteiger partial charge is 0.255 e. The Morgan fingerprint density at radius 2 is 2.18 bits per heavy atom. The third-order valence-corrected chi connectivity index (χ3v) is 4.06. The van der Waals surface area contributed by atoms with Crippen molar-refractivity contribution in [3.8, 4) is 5.75 Å². The summed E-state index contributed by atoms with van der Waals surface area (Å²) >= 11 is 6.01. The molecule has 2 atom stereocenters. The molecule has 4 nitrogen and oxygen atoms in total. The maximum Gasteiger partial charge on any atom is 0.255 e. The Balaban J connectivity index is 0.00000242. The third kappa shape index (κ3) is 4.77. The molecule has 3 N–H and O–H groups in total.